The van der Waals surface area contributed by atoms with Crippen LogP contribution in [0.1, 0.15) is 72.8 Å². The van der Waals surface area contributed by atoms with E-state index >= 15 is 0 Å². The Balaban J connectivity index is 3.29. The Morgan fingerprint density at radius 1 is 0.903 bits per heavy atom. The van der Waals surface area contributed by atoms with E-state index in [1.54, 1.807) is 6.08 Å². The smallest absolute Gasteiger partial charge is 0.335 e. The van der Waals surface area contributed by atoms with Crippen LogP contribution >= 0.6 is 0 Å². The number of ether oxygens (including phenoxy) is 1. The molecule has 0 aliphatic heterocycles. The number of carbonyl (C=O) groups excluding carboxylic acids is 1. The summed E-state index contributed by atoms with van der Waals surface area (Å²) in [4.78, 5) is 13.5. The summed E-state index contributed by atoms with van der Waals surface area (Å²) in [5.74, 6) is -0.317. The summed E-state index contributed by atoms with van der Waals surface area (Å²) in [5, 5.41) is 0. The van der Waals surface area contributed by atoms with Gasteiger partial charge in [-0.2, -0.15) is 0 Å². The first-order valence-corrected chi connectivity index (χ1v) is 11.1. The maximum atomic E-state index is 13.5. The molecule has 168 valence electrons. The second kappa shape index (κ2) is 12.3. The highest BCUT2D eigenvalue weighted by Gasteiger charge is 2.34. The summed E-state index contributed by atoms with van der Waals surface area (Å²) < 4.78 is 6.06. The number of rotatable bonds is 12. The fourth-order valence-corrected chi connectivity index (χ4v) is 3.29. The first kappa shape index (κ1) is 26.4. The molecule has 0 saturated heterocycles. The molecule has 0 bridgehead atoms. The maximum absolute atomic E-state index is 13.5. The fourth-order valence-electron chi connectivity index (χ4n) is 3.29. The molecule has 1 aromatic carbocycles. The van der Waals surface area contributed by atoms with Gasteiger partial charge in [0.15, 0.2) is 0 Å². The minimum Gasteiger partial charge on any atom is -0.452 e. The molecule has 2 atom stereocenters. The topological polar surface area (TPSA) is 26.3 Å². The highest BCUT2D eigenvalue weighted by molar-refractivity contribution is 5.96. The normalized spacial score (nSPS) is 15.1. The molecule has 0 fully saturated rings. The lowest BCUT2D eigenvalue weighted by Crippen LogP contribution is -2.33. The highest BCUT2D eigenvalue weighted by atomic mass is 16.6. The van der Waals surface area contributed by atoms with Crippen molar-refractivity contribution in [2.75, 3.05) is 0 Å². The van der Waals surface area contributed by atoms with Crippen LogP contribution in [0.3, 0.4) is 0 Å². The number of hydrogen-bond acceptors (Lipinski definition) is 2. The molecule has 1 rings (SSSR count). The quantitative estimate of drug-likeness (QED) is 0.193. The summed E-state index contributed by atoms with van der Waals surface area (Å²) in [5.41, 5.74) is 2.85. The Hall–Kier alpha value is -2.61. The standard InChI is InChI=1S/C29H40O2/c1-9-28(7,20-14-16-23(3)4)26(22-25-18-12-11-13-19-25)27(30)31-29(8,10-2)21-15-17-24(5)6/h9-13,16-19,22H,1-2,14-15,20-21H2,3-8H3. The van der Waals surface area contributed by atoms with Gasteiger partial charge in [-0.1, -0.05) is 73.2 Å². The van der Waals surface area contributed by atoms with Crippen molar-refractivity contribution in [1.29, 1.82) is 0 Å². The van der Waals surface area contributed by atoms with Gasteiger partial charge in [-0.3, -0.25) is 0 Å². The molecule has 0 saturated carbocycles. The van der Waals surface area contributed by atoms with Gasteiger partial charge < -0.3 is 4.74 Å². The van der Waals surface area contributed by atoms with Gasteiger partial charge in [-0.25, -0.2) is 4.79 Å². The zero-order valence-corrected chi connectivity index (χ0v) is 20.3. The molecule has 0 aliphatic rings. The fraction of sp³-hybridized carbons (Fsp3) is 0.414. The third-order valence-corrected chi connectivity index (χ3v) is 5.56. The van der Waals surface area contributed by atoms with Crippen LogP contribution in [0.2, 0.25) is 0 Å². The molecule has 2 nitrogen and oxygen atoms in total. The summed E-state index contributed by atoms with van der Waals surface area (Å²) in [6, 6.07) is 9.89. The molecule has 0 spiro atoms. The molecule has 0 aromatic heterocycles. The Labute approximate surface area is 190 Å². The average Bonchev–Trinajstić information content (AvgIpc) is 2.72. The van der Waals surface area contributed by atoms with Crippen LogP contribution in [-0.2, 0) is 9.53 Å². The predicted octanol–water partition coefficient (Wildman–Crippen LogP) is 8.24. The third-order valence-electron chi connectivity index (χ3n) is 5.56. The Morgan fingerprint density at radius 2 is 1.45 bits per heavy atom. The zero-order chi connectivity index (χ0) is 23.5. The SMILES string of the molecule is C=CC(C)(CCC=C(C)C)OC(=O)C(=Cc1ccccc1)C(C)(C=C)CCC=C(C)C. The van der Waals surface area contributed by atoms with Gasteiger partial charge in [-0.05, 0) is 78.0 Å². The highest BCUT2D eigenvalue weighted by Crippen LogP contribution is 2.37. The van der Waals surface area contributed by atoms with Crippen LogP contribution in [0.5, 0.6) is 0 Å². The lowest BCUT2D eigenvalue weighted by atomic mass is 9.77. The average molecular weight is 421 g/mol. The second-order valence-corrected chi connectivity index (χ2v) is 9.14. The molecule has 2 heteroatoms. The second-order valence-electron chi connectivity index (χ2n) is 9.14. The van der Waals surface area contributed by atoms with Gasteiger partial charge >= 0.3 is 5.97 Å². The first-order chi connectivity index (χ1) is 14.5. The monoisotopic (exact) mass is 420 g/mol. The van der Waals surface area contributed by atoms with E-state index in [0.29, 0.717) is 12.0 Å². The molecule has 0 heterocycles. The van der Waals surface area contributed by atoms with Crippen LogP contribution in [0.25, 0.3) is 6.08 Å². The van der Waals surface area contributed by atoms with Crippen LogP contribution in [0.4, 0.5) is 0 Å². The largest absolute Gasteiger partial charge is 0.452 e. The van der Waals surface area contributed by atoms with Crippen molar-refractivity contribution in [3.8, 4) is 0 Å². The first-order valence-electron chi connectivity index (χ1n) is 11.1. The van der Waals surface area contributed by atoms with Crippen molar-refractivity contribution in [3.63, 3.8) is 0 Å². The summed E-state index contributed by atoms with van der Waals surface area (Å²) in [6.45, 7) is 20.3. The molecule has 0 aliphatic carbocycles. The Bertz CT molecular complexity index is 833. The number of hydrogen-bond donors (Lipinski definition) is 0. The van der Waals surface area contributed by atoms with Crippen molar-refractivity contribution in [1.82, 2.24) is 0 Å². The van der Waals surface area contributed by atoms with E-state index in [4.69, 9.17) is 4.74 Å². The van der Waals surface area contributed by atoms with Crippen molar-refractivity contribution in [3.05, 3.63) is 90.1 Å². The molecular formula is C29H40O2. The number of carbonyl (C=O) groups is 1. The van der Waals surface area contributed by atoms with Gasteiger partial charge in [0.25, 0.3) is 0 Å². The number of allylic oxidation sites excluding steroid dienone is 5. The minimum atomic E-state index is -0.735. The van der Waals surface area contributed by atoms with E-state index in [-0.39, 0.29) is 5.97 Å². The summed E-state index contributed by atoms with van der Waals surface area (Å²) >= 11 is 0. The lowest BCUT2D eigenvalue weighted by Gasteiger charge is -2.32. The van der Waals surface area contributed by atoms with Crippen molar-refractivity contribution in [2.24, 2.45) is 5.41 Å². The van der Waals surface area contributed by atoms with Gasteiger partial charge in [-0.15, -0.1) is 6.58 Å². The van der Waals surface area contributed by atoms with E-state index in [1.807, 2.05) is 49.4 Å². The van der Waals surface area contributed by atoms with Crippen LogP contribution in [-0.4, -0.2) is 11.6 Å². The van der Waals surface area contributed by atoms with Gasteiger partial charge in [0.05, 0.1) is 0 Å². The third kappa shape index (κ3) is 8.96. The van der Waals surface area contributed by atoms with E-state index in [9.17, 15) is 4.79 Å². The predicted molar refractivity (Wildman–Crippen MR) is 135 cm³/mol. The van der Waals surface area contributed by atoms with Crippen molar-refractivity contribution in [2.45, 2.75) is 72.8 Å². The van der Waals surface area contributed by atoms with Gasteiger partial charge in [0, 0.05) is 11.0 Å². The Morgan fingerprint density at radius 3 is 1.94 bits per heavy atom. The van der Waals surface area contributed by atoms with Gasteiger partial charge in [0.1, 0.15) is 5.60 Å². The molecular weight excluding hydrogens is 380 g/mol. The van der Waals surface area contributed by atoms with E-state index in [0.717, 1.165) is 24.8 Å². The number of benzene rings is 1. The van der Waals surface area contributed by atoms with Gasteiger partial charge in [0.2, 0.25) is 0 Å². The molecule has 1 aromatic rings. The molecule has 0 amide bonds. The van der Waals surface area contributed by atoms with E-state index in [2.05, 4.69) is 59.9 Å². The lowest BCUT2D eigenvalue weighted by molar-refractivity contribution is -0.150. The van der Waals surface area contributed by atoms with E-state index in [1.165, 1.54) is 11.1 Å². The number of esters is 1. The maximum Gasteiger partial charge on any atom is 0.335 e. The molecule has 2 unspecified atom stereocenters. The van der Waals surface area contributed by atoms with Crippen molar-refractivity contribution >= 4 is 12.0 Å². The van der Waals surface area contributed by atoms with Crippen molar-refractivity contribution < 1.29 is 9.53 Å². The van der Waals surface area contributed by atoms with Crippen LogP contribution < -0.4 is 0 Å². The summed E-state index contributed by atoms with van der Waals surface area (Å²) in [6.07, 6.45) is 13.1. The van der Waals surface area contributed by atoms with E-state index < -0.39 is 11.0 Å². The summed E-state index contributed by atoms with van der Waals surface area (Å²) in [7, 11) is 0. The molecule has 0 radical (unpaired) electrons. The Kier molecular flexibility index (Phi) is 10.5. The zero-order valence-electron chi connectivity index (χ0n) is 20.3. The molecule has 0 N–H and O–H groups in total. The van der Waals surface area contributed by atoms with Crippen LogP contribution in [0, 0.1) is 5.41 Å². The minimum absolute atomic E-state index is 0.317. The molecule has 31 heavy (non-hydrogen) atoms. The van der Waals surface area contributed by atoms with Crippen LogP contribution in [0.15, 0.2) is 84.5 Å².